The van der Waals surface area contributed by atoms with Crippen molar-refractivity contribution in [1.29, 1.82) is 0 Å². The lowest BCUT2D eigenvalue weighted by Gasteiger charge is -2.19. The Kier molecular flexibility index (Phi) is 6.78. The summed E-state index contributed by atoms with van der Waals surface area (Å²) in [6.07, 6.45) is 0. The third-order valence-corrected chi connectivity index (χ3v) is 6.18. The molecule has 3 rings (SSSR count). The molecule has 0 aliphatic rings. The van der Waals surface area contributed by atoms with Gasteiger partial charge in [0.1, 0.15) is 0 Å². The van der Waals surface area contributed by atoms with Crippen molar-refractivity contribution in [2.45, 2.75) is 11.4 Å². The van der Waals surface area contributed by atoms with Crippen LogP contribution in [0.3, 0.4) is 0 Å². The monoisotopic (exact) mass is 459 g/mol. The average molecular weight is 460 g/mol. The number of hydrogen-bond acceptors (Lipinski definition) is 4. The van der Waals surface area contributed by atoms with E-state index in [1.54, 1.807) is 11.9 Å². The third-order valence-electron chi connectivity index (χ3n) is 4.80. The highest BCUT2D eigenvalue weighted by Crippen LogP contribution is 2.20. The van der Waals surface area contributed by atoms with Crippen LogP contribution in [0.1, 0.15) is 15.9 Å². The lowest BCUT2D eigenvalue weighted by molar-refractivity contribution is 0.0785. The van der Waals surface area contributed by atoms with Crippen LogP contribution in [0, 0.1) is 11.6 Å². The van der Waals surface area contributed by atoms with Gasteiger partial charge >= 0.3 is 0 Å². The number of carbonyl (C=O) groups is 1. The van der Waals surface area contributed by atoms with Crippen molar-refractivity contribution in [3.05, 3.63) is 89.5 Å². The third kappa shape index (κ3) is 5.42. The standard InChI is InChI=1S/C23H23F2N3O3S/c1-27(2)19-10-4-16(5-11-19)15-28(3)23(29)17-6-8-18(9-7-17)26-32(30,31)20-12-13-21(24)22(25)14-20/h4-14,26H,15H2,1-3H3. The Morgan fingerprint density at radius 1 is 0.875 bits per heavy atom. The zero-order valence-electron chi connectivity index (χ0n) is 17.8. The van der Waals surface area contributed by atoms with E-state index in [-0.39, 0.29) is 11.6 Å². The van der Waals surface area contributed by atoms with Gasteiger partial charge in [-0.3, -0.25) is 9.52 Å². The maximum Gasteiger partial charge on any atom is 0.261 e. The molecule has 0 radical (unpaired) electrons. The Morgan fingerprint density at radius 2 is 1.50 bits per heavy atom. The molecular formula is C23H23F2N3O3S. The minimum atomic E-state index is -4.11. The summed E-state index contributed by atoms with van der Waals surface area (Å²) in [6, 6.07) is 16.0. The van der Waals surface area contributed by atoms with E-state index in [2.05, 4.69) is 4.72 Å². The first-order valence-corrected chi connectivity index (χ1v) is 11.1. The second-order valence-electron chi connectivity index (χ2n) is 7.48. The van der Waals surface area contributed by atoms with Crippen LogP contribution >= 0.6 is 0 Å². The fourth-order valence-corrected chi connectivity index (χ4v) is 4.07. The van der Waals surface area contributed by atoms with Crippen molar-refractivity contribution in [3.8, 4) is 0 Å². The normalized spacial score (nSPS) is 11.2. The first-order valence-electron chi connectivity index (χ1n) is 9.66. The van der Waals surface area contributed by atoms with Crippen molar-refractivity contribution >= 4 is 27.3 Å². The van der Waals surface area contributed by atoms with Crippen LogP contribution in [0.5, 0.6) is 0 Å². The van der Waals surface area contributed by atoms with Crippen LogP contribution in [0.25, 0.3) is 0 Å². The van der Waals surface area contributed by atoms with Gasteiger partial charge in [-0.25, -0.2) is 17.2 Å². The summed E-state index contributed by atoms with van der Waals surface area (Å²) >= 11 is 0. The highest BCUT2D eigenvalue weighted by molar-refractivity contribution is 7.92. The highest BCUT2D eigenvalue weighted by atomic mass is 32.2. The van der Waals surface area contributed by atoms with Crippen LogP contribution in [-0.4, -0.2) is 40.4 Å². The molecule has 0 fully saturated rings. The maximum absolute atomic E-state index is 13.4. The molecule has 9 heteroatoms. The van der Waals surface area contributed by atoms with E-state index in [9.17, 15) is 22.0 Å². The molecule has 6 nitrogen and oxygen atoms in total. The lowest BCUT2D eigenvalue weighted by atomic mass is 10.1. The summed E-state index contributed by atoms with van der Waals surface area (Å²) in [4.78, 5) is 15.9. The molecule has 0 atom stereocenters. The molecule has 0 saturated carbocycles. The zero-order valence-corrected chi connectivity index (χ0v) is 18.7. The number of amides is 1. The molecule has 0 aliphatic carbocycles. The van der Waals surface area contributed by atoms with Gasteiger partial charge in [-0.15, -0.1) is 0 Å². The number of nitrogens with one attached hydrogen (secondary N) is 1. The molecule has 0 unspecified atom stereocenters. The van der Waals surface area contributed by atoms with Crippen molar-refractivity contribution < 1.29 is 22.0 Å². The Bertz CT molecular complexity index is 1210. The Labute approximate surface area is 186 Å². The van der Waals surface area contributed by atoms with E-state index < -0.39 is 26.6 Å². The molecule has 32 heavy (non-hydrogen) atoms. The quantitative estimate of drug-likeness (QED) is 0.578. The van der Waals surface area contributed by atoms with Crippen molar-refractivity contribution in [2.75, 3.05) is 30.8 Å². The van der Waals surface area contributed by atoms with Gasteiger partial charge in [0.2, 0.25) is 0 Å². The zero-order chi connectivity index (χ0) is 23.5. The van der Waals surface area contributed by atoms with Crippen LogP contribution in [0.2, 0.25) is 0 Å². The molecule has 3 aromatic rings. The summed E-state index contributed by atoms with van der Waals surface area (Å²) < 4.78 is 53.5. The molecule has 0 saturated heterocycles. The molecule has 168 valence electrons. The van der Waals surface area contributed by atoms with Gasteiger partial charge in [0.25, 0.3) is 15.9 Å². The molecule has 1 amide bonds. The van der Waals surface area contributed by atoms with Gasteiger partial charge in [-0.2, -0.15) is 0 Å². The molecule has 3 aromatic carbocycles. The smallest absolute Gasteiger partial charge is 0.261 e. The molecule has 0 bridgehead atoms. The molecule has 0 aromatic heterocycles. The van der Waals surface area contributed by atoms with Crippen molar-refractivity contribution in [2.24, 2.45) is 0 Å². The Hall–Kier alpha value is -3.46. The topological polar surface area (TPSA) is 69.7 Å². The number of carbonyl (C=O) groups excluding carboxylic acids is 1. The SMILES string of the molecule is CN(Cc1ccc(N(C)C)cc1)C(=O)c1ccc(NS(=O)(=O)c2ccc(F)c(F)c2)cc1. The van der Waals surface area contributed by atoms with Gasteiger partial charge in [-0.05, 0) is 60.2 Å². The number of hydrogen-bond donors (Lipinski definition) is 1. The summed E-state index contributed by atoms with van der Waals surface area (Å²) in [5, 5.41) is 0. The van der Waals surface area contributed by atoms with E-state index in [4.69, 9.17) is 0 Å². The number of anilines is 2. The molecule has 0 heterocycles. The number of nitrogens with zero attached hydrogens (tertiary/aromatic N) is 2. The van der Waals surface area contributed by atoms with Gasteiger partial charge in [0.15, 0.2) is 11.6 Å². The van der Waals surface area contributed by atoms with Crippen LogP contribution < -0.4 is 9.62 Å². The largest absolute Gasteiger partial charge is 0.378 e. The van der Waals surface area contributed by atoms with E-state index in [0.29, 0.717) is 18.2 Å². The molecule has 0 spiro atoms. The highest BCUT2D eigenvalue weighted by Gasteiger charge is 2.18. The predicted octanol–water partition coefficient (Wildman–Crippen LogP) is 4.10. The van der Waals surface area contributed by atoms with Crippen LogP contribution in [0.4, 0.5) is 20.2 Å². The number of benzene rings is 3. The van der Waals surface area contributed by atoms with Crippen molar-refractivity contribution in [3.63, 3.8) is 0 Å². The van der Waals surface area contributed by atoms with E-state index in [0.717, 1.165) is 23.4 Å². The number of sulfonamides is 1. The number of halogens is 2. The van der Waals surface area contributed by atoms with E-state index >= 15 is 0 Å². The molecular weight excluding hydrogens is 436 g/mol. The first-order chi connectivity index (χ1) is 15.1. The second-order valence-corrected chi connectivity index (χ2v) is 9.16. The van der Waals surface area contributed by atoms with Gasteiger partial charge in [0, 0.05) is 44.6 Å². The van der Waals surface area contributed by atoms with Crippen LogP contribution in [0.15, 0.2) is 71.6 Å². The van der Waals surface area contributed by atoms with E-state index in [1.807, 2.05) is 43.3 Å². The maximum atomic E-state index is 13.4. The average Bonchev–Trinajstić information content (AvgIpc) is 2.75. The van der Waals surface area contributed by atoms with Gasteiger partial charge in [0.05, 0.1) is 4.90 Å². The Balaban J connectivity index is 1.67. The molecule has 1 N–H and O–H groups in total. The lowest BCUT2D eigenvalue weighted by Crippen LogP contribution is -2.26. The summed E-state index contributed by atoms with van der Waals surface area (Å²) in [5.41, 5.74) is 2.60. The fraction of sp³-hybridized carbons (Fsp3) is 0.174. The van der Waals surface area contributed by atoms with Crippen molar-refractivity contribution in [1.82, 2.24) is 4.90 Å². The minimum absolute atomic E-state index is 0.188. The summed E-state index contributed by atoms with van der Waals surface area (Å²) in [5.74, 6) is -2.62. The number of rotatable bonds is 7. The fourth-order valence-electron chi connectivity index (χ4n) is 3.00. The summed E-state index contributed by atoms with van der Waals surface area (Å²) in [7, 11) is 1.48. The van der Waals surface area contributed by atoms with E-state index in [1.165, 1.54) is 24.3 Å². The van der Waals surface area contributed by atoms with Gasteiger partial charge in [-0.1, -0.05) is 12.1 Å². The second kappa shape index (κ2) is 9.35. The molecule has 0 aliphatic heterocycles. The van der Waals surface area contributed by atoms with Gasteiger partial charge < -0.3 is 9.80 Å². The van der Waals surface area contributed by atoms with Crippen LogP contribution in [-0.2, 0) is 16.6 Å². The predicted molar refractivity (Wildman–Crippen MR) is 120 cm³/mol. The first kappa shape index (κ1) is 23.2. The minimum Gasteiger partial charge on any atom is -0.378 e. The summed E-state index contributed by atoms with van der Waals surface area (Å²) in [6.45, 7) is 0.414. The Morgan fingerprint density at radius 3 is 2.06 bits per heavy atom.